The third-order valence-electron chi connectivity index (χ3n) is 5.43. The molecule has 1 amide bonds. The molecule has 5 nitrogen and oxygen atoms in total. The molecule has 0 aliphatic carbocycles. The third kappa shape index (κ3) is 6.08. The zero-order valence-corrected chi connectivity index (χ0v) is 16.2. The molecule has 0 radical (unpaired) electrons. The molecule has 0 spiro atoms. The van der Waals surface area contributed by atoms with Gasteiger partial charge in [0.1, 0.15) is 0 Å². The van der Waals surface area contributed by atoms with Crippen molar-refractivity contribution in [3.63, 3.8) is 0 Å². The molecule has 5 heteroatoms. The number of rotatable bonds is 7. The number of benzene rings is 1. The van der Waals surface area contributed by atoms with Gasteiger partial charge in [0, 0.05) is 38.8 Å². The number of piperidine rings is 1. The van der Waals surface area contributed by atoms with Gasteiger partial charge in [-0.25, -0.2) is 0 Å². The topological polar surface area (TPSA) is 44.8 Å². The highest BCUT2D eigenvalue weighted by Gasteiger charge is 2.24. The van der Waals surface area contributed by atoms with Crippen molar-refractivity contribution in [3.8, 4) is 0 Å². The van der Waals surface area contributed by atoms with Gasteiger partial charge in [0.25, 0.3) is 0 Å². The van der Waals surface area contributed by atoms with Crippen LogP contribution >= 0.6 is 0 Å². The van der Waals surface area contributed by atoms with Crippen LogP contribution in [0.2, 0.25) is 0 Å². The summed E-state index contributed by atoms with van der Waals surface area (Å²) < 4.78 is 5.73. The van der Waals surface area contributed by atoms with Crippen molar-refractivity contribution in [1.82, 2.24) is 15.1 Å². The van der Waals surface area contributed by atoms with Gasteiger partial charge in [-0.1, -0.05) is 29.8 Å². The van der Waals surface area contributed by atoms with Crippen molar-refractivity contribution in [3.05, 3.63) is 35.4 Å². The fourth-order valence-corrected chi connectivity index (χ4v) is 3.92. The lowest BCUT2D eigenvalue weighted by atomic mass is 10.0. The molecule has 144 valence electrons. The van der Waals surface area contributed by atoms with Gasteiger partial charge in [-0.3, -0.25) is 9.69 Å². The number of likely N-dealkylation sites (N-methyl/N-ethyl adjacent to an activating group) is 1. The molecular weight excluding hydrogens is 326 g/mol. The van der Waals surface area contributed by atoms with E-state index in [-0.39, 0.29) is 5.91 Å². The molecule has 2 aliphatic heterocycles. The number of nitrogens with one attached hydrogen (secondary N) is 1. The van der Waals surface area contributed by atoms with Gasteiger partial charge in [0.15, 0.2) is 0 Å². The molecule has 1 atom stereocenters. The second kappa shape index (κ2) is 9.49. The van der Waals surface area contributed by atoms with E-state index >= 15 is 0 Å². The molecule has 1 aromatic carbocycles. The quantitative estimate of drug-likeness (QED) is 0.811. The minimum absolute atomic E-state index is 0.136. The summed E-state index contributed by atoms with van der Waals surface area (Å²) in [5.74, 6) is 0.136. The maximum Gasteiger partial charge on any atom is 0.234 e. The van der Waals surface area contributed by atoms with Crippen LogP contribution in [0.4, 0.5) is 0 Å². The van der Waals surface area contributed by atoms with Crippen LogP contribution in [0.15, 0.2) is 24.3 Å². The van der Waals surface area contributed by atoms with Gasteiger partial charge in [-0.2, -0.15) is 0 Å². The monoisotopic (exact) mass is 359 g/mol. The Bertz CT molecular complexity index is 561. The minimum atomic E-state index is 0.136. The Kier molecular flexibility index (Phi) is 7.06. The maximum atomic E-state index is 12.3. The lowest BCUT2D eigenvalue weighted by molar-refractivity contribution is -0.123. The summed E-state index contributed by atoms with van der Waals surface area (Å²) in [5.41, 5.74) is 2.51. The Morgan fingerprint density at radius 1 is 1.23 bits per heavy atom. The summed E-state index contributed by atoms with van der Waals surface area (Å²) >= 11 is 0. The number of amides is 1. The normalized spacial score (nSPS) is 22.0. The molecule has 3 rings (SSSR count). The van der Waals surface area contributed by atoms with Gasteiger partial charge >= 0.3 is 0 Å². The summed E-state index contributed by atoms with van der Waals surface area (Å²) in [6, 6.07) is 8.82. The van der Waals surface area contributed by atoms with E-state index in [0.717, 1.165) is 45.6 Å². The lowest BCUT2D eigenvalue weighted by Gasteiger charge is -2.33. The van der Waals surface area contributed by atoms with Crippen LogP contribution in [0.3, 0.4) is 0 Å². The van der Waals surface area contributed by atoms with E-state index in [2.05, 4.69) is 46.3 Å². The van der Waals surface area contributed by atoms with Gasteiger partial charge in [0.2, 0.25) is 5.91 Å². The second-order valence-electron chi connectivity index (χ2n) is 7.94. The van der Waals surface area contributed by atoms with E-state index in [1.54, 1.807) is 0 Å². The Morgan fingerprint density at radius 3 is 2.62 bits per heavy atom. The van der Waals surface area contributed by atoms with Crippen molar-refractivity contribution in [2.75, 3.05) is 39.8 Å². The van der Waals surface area contributed by atoms with Crippen LogP contribution in [0.25, 0.3) is 0 Å². The molecule has 0 unspecified atom stereocenters. The van der Waals surface area contributed by atoms with Crippen molar-refractivity contribution >= 4 is 5.91 Å². The Labute approximate surface area is 157 Å². The molecule has 1 N–H and O–H groups in total. The molecule has 0 aromatic heterocycles. The number of carbonyl (C=O) groups excluding carboxylic acids is 1. The van der Waals surface area contributed by atoms with Gasteiger partial charge in [-0.05, 0) is 45.2 Å². The standard InChI is InChI=1S/C21H33N3O2/c1-17-5-7-18(8-6-17)14-23(2)16-21(25)22-19-9-11-24(12-10-19)15-20-4-3-13-26-20/h5-8,19-20H,3-4,9-16H2,1-2H3,(H,22,25)/t20-/m1/s1. The largest absolute Gasteiger partial charge is 0.377 e. The first kappa shape index (κ1) is 19.3. The number of nitrogens with zero attached hydrogens (tertiary/aromatic N) is 2. The van der Waals surface area contributed by atoms with E-state index in [1.165, 1.54) is 24.0 Å². The van der Waals surface area contributed by atoms with Crippen LogP contribution < -0.4 is 5.32 Å². The average Bonchev–Trinajstić information content (AvgIpc) is 3.11. The Hall–Kier alpha value is -1.43. The lowest BCUT2D eigenvalue weighted by Crippen LogP contribution is -2.48. The number of aryl methyl sites for hydroxylation is 1. The average molecular weight is 360 g/mol. The molecule has 26 heavy (non-hydrogen) atoms. The van der Waals surface area contributed by atoms with Crippen molar-refractivity contribution < 1.29 is 9.53 Å². The van der Waals surface area contributed by atoms with E-state index in [4.69, 9.17) is 4.74 Å². The van der Waals surface area contributed by atoms with Crippen LogP contribution in [-0.2, 0) is 16.1 Å². The van der Waals surface area contributed by atoms with Gasteiger partial charge in [-0.15, -0.1) is 0 Å². The molecule has 1 aromatic rings. The SMILES string of the molecule is Cc1ccc(CN(C)CC(=O)NC2CCN(C[C@H]3CCCO3)CC2)cc1. The van der Waals surface area contributed by atoms with E-state index in [1.807, 2.05) is 7.05 Å². The third-order valence-corrected chi connectivity index (χ3v) is 5.43. The molecule has 2 fully saturated rings. The van der Waals surface area contributed by atoms with Crippen LogP contribution in [0.5, 0.6) is 0 Å². The van der Waals surface area contributed by atoms with E-state index in [9.17, 15) is 4.79 Å². The number of hydrogen-bond acceptors (Lipinski definition) is 4. The minimum Gasteiger partial charge on any atom is -0.377 e. The number of hydrogen-bond donors (Lipinski definition) is 1. The van der Waals surface area contributed by atoms with Crippen LogP contribution in [0.1, 0.15) is 36.8 Å². The molecule has 0 bridgehead atoms. The highest BCUT2D eigenvalue weighted by atomic mass is 16.5. The maximum absolute atomic E-state index is 12.3. The summed E-state index contributed by atoms with van der Waals surface area (Å²) in [6.45, 7) is 7.44. The second-order valence-corrected chi connectivity index (χ2v) is 7.94. The fraction of sp³-hybridized carbons (Fsp3) is 0.667. The van der Waals surface area contributed by atoms with Crippen molar-refractivity contribution in [2.45, 2.75) is 51.3 Å². The van der Waals surface area contributed by atoms with Crippen molar-refractivity contribution in [2.24, 2.45) is 0 Å². The number of carbonyl (C=O) groups is 1. The Morgan fingerprint density at radius 2 is 1.96 bits per heavy atom. The smallest absolute Gasteiger partial charge is 0.234 e. The summed E-state index contributed by atoms with van der Waals surface area (Å²) in [7, 11) is 2.00. The van der Waals surface area contributed by atoms with Crippen molar-refractivity contribution in [1.29, 1.82) is 0 Å². The fourth-order valence-electron chi connectivity index (χ4n) is 3.92. The van der Waals surface area contributed by atoms with E-state index in [0.29, 0.717) is 18.7 Å². The highest BCUT2D eigenvalue weighted by Crippen LogP contribution is 2.17. The first-order valence-corrected chi connectivity index (χ1v) is 9.96. The zero-order valence-electron chi connectivity index (χ0n) is 16.2. The predicted octanol–water partition coefficient (Wildman–Crippen LogP) is 2.19. The van der Waals surface area contributed by atoms with Crippen LogP contribution in [-0.4, -0.2) is 67.7 Å². The summed E-state index contributed by atoms with van der Waals surface area (Å²) in [4.78, 5) is 16.9. The number of likely N-dealkylation sites (tertiary alicyclic amines) is 1. The van der Waals surface area contributed by atoms with Gasteiger partial charge < -0.3 is 15.0 Å². The first-order valence-electron chi connectivity index (χ1n) is 9.96. The van der Waals surface area contributed by atoms with E-state index < -0.39 is 0 Å². The molecule has 0 saturated carbocycles. The molecule has 2 heterocycles. The van der Waals surface area contributed by atoms with Gasteiger partial charge in [0.05, 0.1) is 12.6 Å². The summed E-state index contributed by atoms with van der Waals surface area (Å²) in [6.07, 6.45) is 4.91. The highest BCUT2D eigenvalue weighted by molar-refractivity contribution is 5.78. The molecular formula is C21H33N3O2. The zero-order chi connectivity index (χ0) is 18.4. The first-order chi connectivity index (χ1) is 12.6. The Balaban J connectivity index is 1.33. The molecule has 2 saturated heterocycles. The predicted molar refractivity (Wildman–Crippen MR) is 104 cm³/mol. The summed E-state index contributed by atoms with van der Waals surface area (Å²) in [5, 5.41) is 3.22. The number of ether oxygens (including phenoxy) is 1. The van der Waals surface area contributed by atoms with Crippen LogP contribution in [0, 0.1) is 6.92 Å². The molecule has 2 aliphatic rings.